The molecule has 3 rings (SSSR count). The monoisotopic (exact) mass is 364 g/mol. The Labute approximate surface area is 148 Å². The van der Waals surface area contributed by atoms with Gasteiger partial charge in [-0.25, -0.2) is 8.42 Å². The normalized spacial score (nSPS) is 23.6. The Kier molecular flexibility index (Phi) is 5.42. The largest absolute Gasteiger partial charge is 0.354 e. The van der Waals surface area contributed by atoms with Crippen molar-refractivity contribution >= 4 is 21.7 Å². The van der Waals surface area contributed by atoms with E-state index in [-0.39, 0.29) is 41.7 Å². The average molecular weight is 364 g/mol. The molecular weight excluding hydrogens is 340 g/mol. The Balaban J connectivity index is 1.44. The summed E-state index contributed by atoms with van der Waals surface area (Å²) in [6.45, 7) is 1.13. The number of hydrogen-bond acceptors (Lipinski definition) is 4. The highest BCUT2D eigenvalue weighted by Gasteiger charge is 2.31. The average Bonchev–Trinajstić information content (AvgIpc) is 2.95. The first-order valence-corrected chi connectivity index (χ1v) is 10.5. The van der Waals surface area contributed by atoms with E-state index in [1.54, 1.807) is 4.90 Å². The fourth-order valence-corrected chi connectivity index (χ4v) is 5.09. The molecule has 7 heteroatoms. The molecule has 0 bridgehead atoms. The lowest BCUT2D eigenvalue weighted by atomic mass is 9.99. The SMILES string of the molecule is O=C(CN1C[C@H](c2ccccc2)CC1=O)NCC1CCS(=O)(=O)CC1. The number of nitrogens with one attached hydrogen (secondary N) is 1. The van der Waals surface area contributed by atoms with E-state index in [9.17, 15) is 18.0 Å². The van der Waals surface area contributed by atoms with Crippen molar-refractivity contribution in [1.29, 1.82) is 0 Å². The van der Waals surface area contributed by atoms with Gasteiger partial charge in [0.2, 0.25) is 11.8 Å². The third kappa shape index (κ3) is 4.81. The summed E-state index contributed by atoms with van der Waals surface area (Å²) in [5, 5.41) is 2.85. The summed E-state index contributed by atoms with van der Waals surface area (Å²) < 4.78 is 22.8. The fourth-order valence-electron chi connectivity index (χ4n) is 3.50. The summed E-state index contributed by atoms with van der Waals surface area (Å²) in [5.74, 6) is 0.598. The van der Waals surface area contributed by atoms with Crippen LogP contribution >= 0.6 is 0 Å². The minimum atomic E-state index is -2.88. The number of amides is 2. The molecule has 0 unspecified atom stereocenters. The number of carbonyl (C=O) groups excluding carboxylic acids is 2. The van der Waals surface area contributed by atoms with Gasteiger partial charge in [0.05, 0.1) is 18.1 Å². The van der Waals surface area contributed by atoms with Gasteiger partial charge in [-0.3, -0.25) is 9.59 Å². The molecule has 1 aromatic rings. The predicted molar refractivity (Wildman–Crippen MR) is 94.8 cm³/mol. The van der Waals surface area contributed by atoms with Crippen LogP contribution in [0.15, 0.2) is 30.3 Å². The molecular formula is C18H24N2O4S. The predicted octanol–water partition coefficient (Wildman–Crippen LogP) is 0.944. The number of nitrogens with zero attached hydrogens (tertiary/aromatic N) is 1. The Morgan fingerprint density at radius 3 is 2.52 bits per heavy atom. The molecule has 2 aliphatic rings. The molecule has 2 heterocycles. The van der Waals surface area contributed by atoms with Crippen LogP contribution in [0.5, 0.6) is 0 Å². The van der Waals surface area contributed by atoms with Gasteiger partial charge in [0, 0.05) is 25.4 Å². The molecule has 2 amide bonds. The van der Waals surface area contributed by atoms with Crippen LogP contribution in [-0.2, 0) is 19.4 Å². The zero-order valence-electron chi connectivity index (χ0n) is 14.2. The van der Waals surface area contributed by atoms with Crippen molar-refractivity contribution in [3.05, 3.63) is 35.9 Å². The number of carbonyl (C=O) groups is 2. The lowest BCUT2D eigenvalue weighted by molar-refractivity contribution is -0.133. The van der Waals surface area contributed by atoms with Crippen LogP contribution in [0.3, 0.4) is 0 Å². The van der Waals surface area contributed by atoms with Gasteiger partial charge >= 0.3 is 0 Å². The van der Waals surface area contributed by atoms with E-state index in [1.807, 2.05) is 30.3 Å². The third-order valence-electron chi connectivity index (χ3n) is 5.08. The molecule has 6 nitrogen and oxygen atoms in total. The van der Waals surface area contributed by atoms with Crippen LogP contribution in [0.4, 0.5) is 0 Å². The lowest BCUT2D eigenvalue weighted by Gasteiger charge is -2.23. The first-order valence-electron chi connectivity index (χ1n) is 8.73. The standard InChI is InChI=1S/C18H24N2O4S/c21-17(19-11-14-6-8-25(23,24)9-7-14)13-20-12-16(10-18(20)22)15-4-2-1-3-5-15/h1-5,14,16H,6-13H2,(H,19,21)/t16-/m1/s1. The van der Waals surface area contributed by atoms with Gasteiger partial charge < -0.3 is 10.2 Å². The highest BCUT2D eigenvalue weighted by Crippen LogP contribution is 2.27. The quantitative estimate of drug-likeness (QED) is 0.843. The molecule has 1 N–H and O–H groups in total. The Hall–Kier alpha value is -1.89. The molecule has 0 saturated carbocycles. The van der Waals surface area contributed by atoms with Gasteiger partial charge in [-0.15, -0.1) is 0 Å². The second kappa shape index (κ2) is 7.56. The zero-order valence-corrected chi connectivity index (χ0v) is 15.0. The van der Waals surface area contributed by atoms with Gasteiger partial charge in [-0.05, 0) is 24.3 Å². The topological polar surface area (TPSA) is 83.6 Å². The van der Waals surface area contributed by atoms with Gasteiger partial charge in [0.25, 0.3) is 0 Å². The second-order valence-electron chi connectivity index (χ2n) is 6.99. The highest BCUT2D eigenvalue weighted by molar-refractivity contribution is 7.91. The van der Waals surface area contributed by atoms with Crippen LogP contribution in [0, 0.1) is 5.92 Å². The zero-order chi connectivity index (χ0) is 17.9. The van der Waals surface area contributed by atoms with Gasteiger partial charge in [-0.2, -0.15) is 0 Å². The van der Waals surface area contributed by atoms with Crippen LogP contribution < -0.4 is 5.32 Å². The molecule has 2 fully saturated rings. The molecule has 1 atom stereocenters. The second-order valence-corrected chi connectivity index (χ2v) is 9.29. The highest BCUT2D eigenvalue weighted by atomic mass is 32.2. The van der Waals surface area contributed by atoms with E-state index in [4.69, 9.17) is 0 Å². The fraction of sp³-hybridized carbons (Fsp3) is 0.556. The number of rotatable bonds is 5. The van der Waals surface area contributed by atoms with Crippen molar-refractivity contribution in [3.8, 4) is 0 Å². The molecule has 25 heavy (non-hydrogen) atoms. The molecule has 136 valence electrons. The van der Waals surface area contributed by atoms with Crippen LogP contribution in [0.1, 0.15) is 30.7 Å². The van der Waals surface area contributed by atoms with Crippen molar-refractivity contribution in [2.75, 3.05) is 31.1 Å². The molecule has 2 aliphatic heterocycles. The summed E-state index contributed by atoms with van der Waals surface area (Å²) in [5.41, 5.74) is 1.13. The number of sulfone groups is 1. The van der Waals surface area contributed by atoms with E-state index < -0.39 is 9.84 Å². The van der Waals surface area contributed by atoms with Crippen molar-refractivity contribution in [2.45, 2.75) is 25.2 Å². The molecule has 1 aromatic carbocycles. The summed E-state index contributed by atoms with van der Waals surface area (Å²) in [4.78, 5) is 25.9. The van der Waals surface area contributed by atoms with Gasteiger partial charge in [0.15, 0.2) is 0 Å². The maximum absolute atomic E-state index is 12.2. The first kappa shape index (κ1) is 17.9. The summed E-state index contributed by atoms with van der Waals surface area (Å²) >= 11 is 0. The smallest absolute Gasteiger partial charge is 0.239 e. The van der Waals surface area contributed by atoms with Gasteiger partial charge in [-0.1, -0.05) is 30.3 Å². The van der Waals surface area contributed by atoms with Crippen molar-refractivity contribution in [2.24, 2.45) is 5.92 Å². The summed E-state index contributed by atoms with van der Waals surface area (Å²) in [6.07, 6.45) is 1.64. The first-order chi connectivity index (χ1) is 11.9. The van der Waals surface area contributed by atoms with Crippen LogP contribution in [0.2, 0.25) is 0 Å². The summed E-state index contributed by atoms with van der Waals surface area (Å²) in [6, 6.07) is 9.89. The van der Waals surface area contributed by atoms with E-state index in [0.29, 0.717) is 32.4 Å². The van der Waals surface area contributed by atoms with E-state index in [0.717, 1.165) is 5.56 Å². The number of likely N-dealkylation sites (tertiary alicyclic amines) is 1. The Bertz CT molecular complexity index is 719. The number of benzene rings is 1. The van der Waals surface area contributed by atoms with E-state index in [1.165, 1.54) is 0 Å². The lowest BCUT2D eigenvalue weighted by Crippen LogP contribution is -2.41. The molecule has 0 radical (unpaired) electrons. The third-order valence-corrected chi connectivity index (χ3v) is 6.80. The maximum Gasteiger partial charge on any atom is 0.239 e. The molecule has 0 spiro atoms. The van der Waals surface area contributed by atoms with Crippen molar-refractivity contribution in [1.82, 2.24) is 10.2 Å². The van der Waals surface area contributed by atoms with Crippen LogP contribution in [-0.4, -0.2) is 56.3 Å². The van der Waals surface area contributed by atoms with Gasteiger partial charge in [0.1, 0.15) is 9.84 Å². The van der Waals surface area contributed by atoms with E-state index in [2.05, 4.69) is 5.32 Å². The molecule has 0 aliphatic carbocycles. The summed E-state index contributed by atoms with van der Waals surface area (Å²) in [7, 11) is -2.88. The van der Waals surface area contributed by atoms with Crippen molar-refractivity contribution in [3.63, 3.8) is 0 Å². The van der Waals surface area contributed by atoms with E-state index >= 15 is 0 Å². The molecule has 2 saturated heterocycles. The molecule has 0 aromatic heterocycles. The maximum atomic E-state index is 12.2. The Morgan fingerprint density at radius 1 is 1.16 bits per heavy atom. The Morgan fingerprint density at radius 2 is 1.84 bits per heavy atom. The minimum absolute atomic E-state index is 0.00719. The number of hydrogen-bond donors (Lipinski definition) is 1. The minimum Gasteiger partial charge on any atom is -0.354 e. The van der Waals surface area contributed by atoms with Crippen molar-refractivity contribution < 1.29 is 18.0 Å². The van der Waals surface area contributed by atoms with Crippen LogP contribution in [0.25, 0.3) is 0 Å².